The molecule has 0 saturated heterocycles. The average molecular weight is 391 g/mol. The molecule has 8 nitrogen and oxygen atoms in total. The van der Waals surface area contributed by atoms with Crippen LogP contribution in [0.1, 0.15) is 43.7 Å². The molecule has 1 aromatic heterocycles. The molecule has 1 saturated carbocycles. The number of fused-ring (bicyclic) bond motifs is 3. The Morgan fingerprint density at radius 1 is 1.33 bits per heavy atom. The quantitative estimate of drug-likeness (QED) is 0.528. The van der Waals surface area contributed by atoms with Crippen LogP contribution in [0.4, 0.5) is 5.82 Å². The summed E-state index contributed by atoms with van der Waals surface area (Å²) in [6.45, 7) is 2.12. The molecule has 3 aliphatic rings. The Bertz CT molecular complexity index is 868. The van der Waals surface area contributed by atoms with Crippen molar-refractivity contribution >= 4 is 34.1 Å². The topological polar surface area (TPSA) is 116 Å². The number of hydrogen-bond acceptors (Lipinski definition) is 7. The van der Waals surface area contributed by atoms with Gasteiger partial charge in [-0.15, -0.1) is 0 Å². The maximum atomic E-state index is 11.8. The van der Waals surface area contributed by atoms with Crippen molar-refractivity contribution in [1.29, 1.82) is 0 Å². The maximum Gasteiger partial charge on any atom is 0.465 e. The Labute approximate surface area is 160 Å². The molecule has 4 rings (SSSR count). The Balaban J connectivity index is 1.56. The van der Waals surface area contributed by atoms with Gasteiger partial charge in [0.05, 0.1) is 11.5 Å². The van der Waals surface area contributed by atoms with Crippen LogP contribution in [-0.4, -0.2) is 50.0 Å². The first kappa shape index (κ1) is 18.7. The number of anilines is 1. The fourth-order valence-electron chi connectivity index (χ4n) is 4.54. The number of hydrazone groups is 1. The van der Waals surface area contributed by atoms with E-state index >= 15 is 0 Å². The Morgan fingerprint density at radius 3 is 2.78 bits per heavy atom. The van der Waals surface area contributed by atoms with E-state index in [1.807, 2.05) is 0 Å². The molecule has 0 radical (unpaired) electrons. The lowest BCUT2D eigenvalue weighted by Gasteiger charge is -2.32. The van der Waals surface area contributed by atoms with E-state index in [1.165, 1.54) is 7.05 Å². The van der Waals surface area contributed by atoms with Crippen LogP contribution in [0.3, 0.4) is 0 Å². The third-order valence-corrected chi connectivity index (χ3v) is 7.49. The minimum absolute atomic E-state index is 0.186. The van der Waals surface area contributed by atoms with Crippen LogP contribution in [0.25, 0.3) is 0 Å². The van der Waals surface area contributed by atoms with Crippen molar-refractivity contribution in [2.24, 2.45) is 16.9 Å². The van der Waals surface area contributed by atoms with Crippen molar-refractivity contribution in [2.75, 3.05) is 18.1 Å². The first-order chi connectivity index (χ1) is 12.9. The number of nitrogens with zero attached hydrogens (tertiary/aromatic N) is 2. The van der Waals surface area contributed by atoms with E-state index in [1.54, 1.807) is 6.20 Å². The van der Waals surface area contributed by atoms with Gasteiger partial charge in [-0.25, -0.2) is 18.1 Å². The van der Waals surface area contributed by atoms with Gasteiger partial charge in [0.1, 0.15) is 5.82 Å². The zero-order valence-corrected chi connectivity index (χ0v) is 16.5. The van der Waals surface area contributed by atoms with Gasteiger partial charge in [-0.05, 0) is 52.0 Å². The third kappa shape index (κ3) is 3.57. The van der Waals surface area contributed by atoms with Gasteiger partial charge in [-0.2, -0.15) is 5.10 Å². The Hall–Kier alpha value is -1.65. The van der Waals surface area contributed by atoms with Gasteiger partial charge in [0.15, 0.2) is 0 Å². The van der Waals surface area contributed by atoms with Gasteiger partial charge in [0.2, 0.25) is 10.0 Å². The first-order valence-corrected chi connectivity index (χ1v) is 11.2. The number of sulfonamides is 1. The molecule has 1 aliphatic carbocycles. The third-order valence-electron chi connectivity index (χ3n) is 5.96. The highest BCUT2D eigenvalue weighted by atomic mass is 32.2. The van der Waals surface area contributed by atoms with E-state index in [0.717, 1.165) is 60.2 Å². The standard InChI is InChI=1S/C17H26BN5O3S/c1-10-7-13-15-14(8-20-17(13)21-10)18(24)23-22-16(15)12-5-3-11(4-6-12)9-27(25,26)19-2/h8,10-12,19,23-24H,3-7,9H2,1-2H3,(H,20,21). The van der Waals surface area contributed by atoms with Crippen molar-refractivity contribution < 1.29 is 13.4 Å². The molecule has 1 unspecified atom stereocenters. The monoisotopic (exact) mass is 391 g/mol. The first-order valence-electron chi connectivity index (χ1n) is 9.59. The number of rotatable bonds is 4. The van der Waals surface area contributed by atoms with Gasteiger partial charge in [0, 0.05) is 34.7 Å². The molecule has 2 aliphatic heterocycles. The van der Waals surface area contributed by atoms with E-state index in [9.17, 15) is 13.4 Å². The minimum atomic E-state index is -3.17. The predicted molar refractivity (Wildman–Crippen MR) is 107 cm³/mol. The van der Waals surface area contributed by atoms with Crippen molar-refractivity contribution in [3.8, 4) is 0 Å². The fraction of sp³-hybridized carbons (Fsp3) is 0.647. The minimum Gasteiger partial charge on any atom is -0.428 e. The Kier molecular flexibility index (Phi) is 4.90. The van der Waals surface area contributed by atoms with E-state index < -0.39 is 17.1 Å². The number of hydrogen-bond donors (Lipinski definition) is 4. The molecule has 1 atom stereocenters. The number of aromatic nitrogens is 1. The highest BCUT2D eigenvalue weighted by molar-refractivity contribution is 7.89. The molecule has 0 amide bonds. The summed E-state index contributed by atoms with van der Waals surface area (Å²) < 4.78 is 26.1. The smallest absolute Gasteiger partial charge is 0.428 e. The average Bonchev–Trinajstić information content (AvgIpc) is 3.03. The van der Waals surface area contributed by atoms with Crippen LogP contribution in [0.15, 0.2) is 11.3 Å². The maximum absolute atomic E-state index is 11.8. The molecule has 0 spiro atoms. The number of nitrogens with one attached hydrogen (secondary N) is 3. The second kappa shape index (κ2) is 7.07. The highest BCUT2D eigenvalue weighted by Crippen LogP contribution is 2.35. The summed E-state index contributed by atoms with van der Waals surface area (Å²) in [6.07, 6.45) is 6.14. The van der Waals surface area contributed by atoms with E-state index in [0.29, 0.717) is 6.04 Å². The molecular formula is C17H26BN5O3S. The van der Waals surface area contributed by atoms with Crippen LogP contribution < -0.4 is 20.8 Å². The summed E-state index contributed by atoms with van der Waals surface area (Å²) in [4.78, 5) is 4.47. The van der Waals surface area contributed by atoms with Crippen molar-refractivity contribution in [3.05, 3.63) is 17.3 Å². The summed E-state index contributed by atoms with van der Waals surface area (Å²) in [6, 6.07) is 0.315. The molecule has 0 aromatic carbocycles. The molecule has 10 heteroatoms. The van der Waals surface area contributed by atoms with Crippen LogP contribution in [0, 0.1) is 11.8 Å². The molecule has 27 heavy (non-hydrogen) atoms. The van der Waals surface area contributed by atoms with Crippen LogP contribution in [0.2, 0.25) is 0 Å². The largest absolute Gasteiger partial charge is 0.465 e. The van der Waals surface area contributed by atoms with Crippen molar-refractivity contribution in [2.45, 2.75) is 45.1 Å². The summed E-state index contributed by atoms with van der Waals surface area (Å²) >= 11 is 0. The van der Waals surface area contributed by atoms with E-state index in [4.69, 9.17) is 0 Å². The molecular weight excluding hydrogens is 365 g/mol. The molecule has 1 aromatic rings. The normalized spacial score (nSPS) is 27.3. The lowest BCUT2D eigenvalue weighted by Crippen LogP contribution is -2.51. The molecule has 146 valence electrons. The van der Waals surface area contributed by atoms with Gasteiger partial charge in [-0.3, -0.25) is 0 Å². The number of pyridine rings is 1. The van der Waals surface area contributed by atoms with Crippen molar-refractivity contribution in [3.63, 3.8) is 0 Å². The zero-order chi connectivity index (χ0) is 19.2. The fourth-order valence-corrected chi connectivity index (χ4v) is 5.66. The molecule has 1 fully saturated rings. The predicted octanol–water partition coefficient (Wildman–Crippen LogP) is -0.211. The SMILES string of the molecule is CNS(=O)(=O)CC1CCC(C2=NNB(O)c3cnc4c(c32)CC(C)N4)CC1. The van der Waals surface area contributed by atoms with Crippen molar-refractivity contribution in [1.82, 2.24) is 15.0 Å². The molecule has 3 heterocycles. The van der Waals surface area contributed by atoms with E-state index in [-0.39, 0.29) is 17.6 Å². The summed E-state index contributed by atoms with van der Waals surface area (Å²) in [7, 11) is -2.54. The van der Waals surface area contributed by atoms with Gasteiger partial charge in [-0.1, -0.05) is 0 Å². The van der Waals surface area contributed by atoms with Crippen LogP contribution >= 0.6 is 0 Å². The van der Waals surface area contributed by atoms with Gasteiger partial charge >= 0.3 is 7.05 Å². The zero-order valence-electron chi connectivity index (χ0n) is 15.7. The van der Waals surface area contributed by atoms with E-state index in [2.05, 4.69) is 32.4 Å². The second-order valence-electron chi connectivity index (χ2n) is 7.90. The Morgan fingerprint density at radius 2 is 2.07 bits per heavy atom. The molecule has 4 N–H and O–H groups in total. The summed E-state index contributed by atoms with van der Waals surface area (Å²) in [5.74, 6) is 1.53. The highest BCUT2D eigenvalue weighted by Gasteiger charge is 2.37. The van der Waals surface area contributed by atoms with Gasteiger partial charge < -0.3 is 15.7 Å². The lowest BCUT2D eigenvalue weighted by atomic mass is 9.67. The molecule has 0 bridgehead atoms. The second-order valence-corrected chi connectivity index (χ2v) is 9.87. The van der Waals surface area contributed by atoms with Crippen LogP contribution in [-0.2, 0) is 16.4 Å². The lowest BCUT2D eigenvalue weighted by molar-refractivity contribution is 0.343. The summed E-state index contributed by atoms with van der Waals surface area (Å²) in [5.41, 5.74) is 3.95. The van der Waals surface area contributed by atoms with Gasteiger partial charge in [0.25, 0.3) is 0 Å². The summed E-state index contributed by atoms with van der Waals surface area (Å²) in [5, 5.41) is 21.1. The van der Waals surface area contributed by atoms with Crippen LogP contribution in [0.5, 0.6) is 0 Å².